The summed E-state index contributed by atoms with van der Waals surface area (Å²) in [6, 6.07) is 6.54. The van der Waals surface area contributed by atoms with Crippen LogP contribution in [-0.2, 0) is 9.53 Å². The minimum absolute atomic E-state index is 0.106. The number of amides is 3. The largest absolute Gasteiger partial charge is 0.450 e. The van der Waals surface area contributed by atoms with E-state index in [0.29, 0.717) is 55.7 Å². The molecule has 1 fully saturated rings. The van der Waals surface area contributed by atoms with Gasteiger partial charge < -0.3 is 19.9 Å². The van der Waals surface area contributed by atoms with Crippen molar-refractivity contribution in [3.05, 3.63) is 34.3 Å². The summed E-state index contributed by atoms with van der Waals surface area (Å²) in [6.45, 7) is 4.07. The number of nitrogens with one attached hydrogen (secondary N) is 1. The third-order valence-corrected chi connectivity index (χ3v) is 6.00. The van der Waals surface area contributed by atoms with Crippen molar-refractivity contribution in [3.63, 3.8) is 0 Å². The van der Waals surface area contributed by atoms with Gasteiger partial charge in [-0.05, 0) is 59.8 Å². The zero-order valence-corrected chi connectivity index (χ0v) is 19.3. The molecule has 1 unspecified atom stereocenters. The Bertz CT molecular complexity index is 719. The molecule has 7 nitrogen and oxygen atoms in total. The lowest BCUT2D eigenvalue weighted by Gasteiger charge is -2.27. The van der Waals surface area contributed by atoms with E-state index in [2.05, 4.69) is 21.2 Å². The van der Waals surface area contributed by atoms with Gasteiger partial charge in [0.2, 0.25) is 5.91 Å². The summed E-state index contributed by atoms with van der Waals surface area (Å²) >= 11 is 5.02. The van der Waals surface area contributed by atoms with Crippen molar-refractivity contribution in [1.82, 2.24) is 15.1 Å². The summed E-state index contributed by atoms with van der Waals surface area (Å²) in [5, 5.41) is 2.90. The van der Waals surface area contributed by atoms with Crippen LogP contribution >= 0.6 is 27.7 Å². The maximum Gasteiger partial charge on any atom is 0.409 e. The number of ether oxygens (including phenoxy) is 1. The highest BCUT2D eigenvalue weighted by atomic mass is 79.9. The van der Waals surface area contributed by atoms with Gasteiger partial charge in [-0.25, -0.2) is 4.79 Å². The summed E-state index contributed by atoms with van der Waals surface area (Å²) in [4.78, 5) is 41.2. The van der Waals surface area contributed by atoms with Crippen molar-refractivity contribution < 1.29 is 19.1 Å². The molecule has 1 aliphatic heterocycles. The summed E-state index contributed by atoms with van der Waals surface area (Å²) in [6.07, 6.45) is 2.86. The average molecular weight is 486 g/mol. The van der Waals surface area contributed by atoms with Crippen LogP contribution in [0.25, 0.3) is 0 Å². The predicted molar refractivity (Wildman–Crippen MR) is 118 cm³/mol. The Balaban J connectivity index is 2.05. The predicted octanol–water partition coefficient (Wildman–Crippen LogP) is 2.99. The van der Waals surface area contributed by atoms with E-state index in [4.69, 9.17) is 4.74 Å². The Morgan fingerprint density at radius 1 is 1.17 bits per heavy atom. The first kappa shape index (κ1) is 23.5. The van der Waals surface area contributed by atoms with Crippen LogP contribution in [0.15, 0.2) is 28.7 Å². The van der Waals surface area contributed by atoms with Crippen molar-refractivity contribution >= 4 is 45.6 Å². The van der Waals surface area contributed by atoms with E-state index in [0.717, 1.165) is 5.75 Å². The van der Waals surface area contributed by atoms with Gasteiger partial charge in [0.25, 0.3) is 5.91 Å². The third-order valence-electron chi connectivity index (χ3n) is 4.67. The average Bonchev–Trinajstić information content (AvgIpc) is 2.97. The molecule has 0 aromatic heterocycles. The molecule has 3 amide bonds. The van der Waals surface area contributed by atoms with Crippen LogP contribution in [0.3, 0.4) is 0 Å². The van der Waals surface area contributed by atoms with E-state index < -0.39 is 6.04 Å². The first-order valence-corrected chi connectivity index (χ1v) is 11.9. The Morgan fingerprint density at radius 2 is 1.86 bits per heavy atom. The molecule has 0 bridgehead atoms. The normalized spacial score (nSPS) is 15.4. The van der Waals surface area contributed by atoms with Crippen molar-refractivity contribution in [2.24, 2.45) is 0 Å². The van der Waals surface area contributed by atoms with Crippen LogP contribution in [-0.4, -0.2) is 78.5 Å². The van der Waals surface area contributed by atoms with Gasteiger partial charge in [-0.1, -0.05) is 12.1 Å². The van der Waals surface area contributed by atoms with Gasteiger partial charge in [0.15, 0.2) is 0 Å². The molecule has 0 radical (unpaired) electrons. The van der Waals surface area contributed by atoms with Gasteiger partial charge in [0.1, 0.15) is 6.04 Å². The van der Waals surface area contributed by atoms with E-state index in [1.807, 2.05) is 12.3 Å². The highest BCUT2D eigenvalue weighted by molar-refractivity contribution is 9.10. The Morgan fingerprint density at radius 3 is 2.55 bits per heavy atom. The number of halogens is 1. The van der Waals surface area contributed by atoms with Gasteiger partial charge in [0, 0.05) is 30.7 Å². The highest BCUT2D eigenvalue weighted by Gasteiger charge is 2.29. The first-order valence-electron chi connectivity index (χ1n) is 9.72. The number of hydrogen-bond donors (Lipinski definition) is 1. The molecule has 1 aromatic rings. The molecule has 1 N–H and O–H groups in total. The summed E-state index contributed by atoms with van der Waals surface area (Å²) in [7, 11) is 0. The first-order chi connectivity index (χ1) is 14.0. The zero-order chi connectivity index (χ0) is 21.2. The van der Waals surface area contributed by atoms with E-state index in [1.54, 1.807) is 46.7 Å². The molecular formula is C20H28BrN3O4S. The molecule has 1 aromatic carbocycles. The Kier molecular flexibility index (Phi) is 9.80. The van der Waals surface area contributed by atoms with E-state index in [1.165, 1.54) is 0 Å². The third kappa shape index (κ3) is 6.92. The molecule has 1 saturated heterocycles. The lowest BCUT2D eigenvalue weighted by atomic mass is 10.1. The number of rotatable bonds is 7. The lowest BCUT2D eigenvalue weighted by Crippen LogP contribution is -2.50. The summed E-state index contributed by atoms with van der Waals surface area (Å²) in [5.41, 5.74) is 0.499. The van der Waals surface area contributed by atoms with E-state index in [9.17, 15) is 14.4 Å². The van der Waals surface area contributed by atoms with Crippen molar-refractivity contribution in [2.75, 3.05) is 44.8 Å². The van der Waals surface area contributed by atoms with E-state index in [-0.39, 0.29) is 17.9 Å². The lowest BCUT2D eigenvalue weighted by molar-refractivity contribution is -0.133. The van der Waals surface area contributed by atoms with Crippen LogP contribution in [0.4, 0.5) is 4.79 Å². The monoisotopic (exact) mass is 485 g/mol. The van der Waals surface area contributed by atoms with Gasteiger partial charge in [-0.15, -0.1) is 0 Å². The molecule has 1 atom stereocenters. The van der Waals surface area contributed by atoms with Crippen molar-refractivity contribution in [3.8, 4) is 0 Å². The molecule has 0 aliphatic carbocycles. The van der Waals surface area contributed by atoms with E-state index >= 15 is 0 Å². The van der Waals surface area contributed by atoms with Crippen molar-refractivity contribution in [1.29, 1.82) is 0 Å². The number of thioether (sulfide) groups is 1. The summed E-state index contributed by atoms with van der Waals surface area (Å²) < 4.78 is 5.75. The maximum atomic E-state index is 13.2. The Hall–Kier alpha value is -1.74. The topological polar surface area (TPSA) is 79.0 Å². The molecule has 0 spiro atoms. The maximum absolute atomic E-state index is 13.2. The van der Waals surface area contributed by atoms with Crippen molar-refractivity contribution in [2.45, 2.75) is 25.8 Å². The molecule has 160 valence electrons. The quantitative estimate of drug-likeness (QED) is 0.641. The molecule has 1 heterocycles. The van der Waals surface area contributed by atoms with Gasteiger partial charge in [0.05, 0.1) is 12.2 Å². The number of nitrogens with zero attached hydrogens (tertiary/aromatic N) is 2. The Labute approximate surface area is 184 Å². The fourth-order valence-corrected chi connectivity index (χ4v) is 4.07. The molecule has 29 heavy (non-hydrogen) atoms. The number of carbonyl (C=O) groups excluding carboxylic acids is 3. The summed E-state index contributed by atoms with van der Waals surface area (Å²) in [5.74, 6) is 0.375. The van der Waals surface area contributed by atoms with Gasteiger partial charge in [-0.2, -0.15) is 11.8 Å². The molecule has 9 heteroatoms. The molecular weight excluding hydrogens is 458 g/mol. The fraction of sp³-hybridized carbons (Fsp3) is 0.550. The van der Waals surface area contributed by atoms with Crippen LogP contribution in [0.2, 0.25) is 0 Å². The van der Waals surface area contributed by atoms with Crippen LogP contribution in [0.5, 0.6) is 0 Å². The standard InChI is InChI=1S/C20H28BrN3O4S/c1-3-28-20(27)24-11-6-10-23(12-13-24)19(26)17(9-14-29-2)22-18(25)15-7-4-5-8-16(15)21/h4-5,7-8,17H,3,6,9-14H2,1-2H3,(H,22,25). The SMILES string of the molecule is CCOC(=O)N1CCCN(C(=O)C(CCSC)NC(=O)c2ccccc2Br)CC1. The smallest absolute Gasteiger partial charge is 0.409 e. The second-order valence-corrected chi connectivity index (χ2v) is 8.49. The minimum atomic E-state index is -0.601. The van der Waals surface area contributed by atoms with Crippen LogP contribution in [0, 0.1) is 0 Å². The number of carbonyl (C=O) groups is 3. The molecule has 2 rings (SSSR count). The molecule has 1 aliphatic rings. The highest BCUT2D eigenvalue weighted by Crippen LogP contribution is 2.17. The fourth-order valence-electron chi connectivity index (χ4n) is 3.13. The van der Waals surface area contributed by atoms with Crippen LogP contribution < -0.4 is 5.32 Å². The molecule has 0 saturated carbocycles. The number of hydrogen-bond acceptors (Lipinski definition) is 5. The minimum Gasteiger partial charge on any atom is -0.450 e. The zero-order valence-electron chi connectivity index (χ0n) is 16.9. The second-order valence-electron chi connectivity index (χ2n) is 6.65. The van der Waals surface area contributed by atoms with Gasteiger partial charge in [-0.3, -0.25) is 9.59 Å². The number of benzene rings is 1. The van der Waals surface area contributed by atoms with Gasteiger partial charge >= 0.3 is 6.09 Å². The second kappa shape index (κ2) is 12.1. The van der Waals surface area contributed by atoms with Crippen LogP contribution in [0.1, 0.15) is 30.1 Å².